The number of nitrogens with zero attached hydrogens (tertiary/aromatic N) is 1. The zero-order chi connectivity index (χ0) is 17.2. The van der Waals surface area contributed by atoms with E-state index in [2.05, 4.69) is 17.4 Å². The van der Waals surface area contributed by atoms with Crippen LogP contribution < -0.4 is 10.2 Å². The molecule has 2 heterocycles. The molecule has 2 aliphatic heterocycles. The Bertz CT molecular complexity index is 667. The Hall–Kier alpha value is -1.88. The number of carbonyl (C=O) groups excluding carboxylic acids is 2. The van der Waals surface area contributed by atoms with E-state index in [0.29, 0.717) is 19.5 Å². The van der Waals surface area contributed by atoms with E-state index in [1.54, 1.807) is 4.90 Å². The molecule has 2 amide bonds. The summed E-state index contributed by atoms with van der Waals surface area (Å²) in [7, 11) is 0. The lowest BCUT2D eigenvalue weighted by Crippen LogP contribution is -2.34. The van der Waals surface area contributed by atoms with Gasteiger partial charge < -0.3 is 15.0 Å². The zero-order valence-corrected chi connectivity index (χ0v) is 14.6. The minimum absolute atomic E-state index is 0.00462. The molecule has 3 aliphatic rings. The number of benzene rings is 1. The highest BCUT2D eigenvalue weighted by Crippen LogP contribution is 2.30. The van der Waals surface area contributed by atoms with Crippen LogP contribution in [0, 0.1) is 5.92 Å². The van der Waals surface area contributed by atoms with Crippen molar-refractivity contribution in [1.82, 2.24) is 5.32 Å². The van der Waals surface area contributed by atoms with Gasteiger partial charge in [-0.25, -0.2) is 0 Å². The van der Waals surface area contributed by atoms with Crippen molar-refractivity contribution in [2.45, 2.75) is 51.0 Å². The van der Waals surface area contributed by atoms with Crippen molar-refractivity contribution in [1.29, 1.82) is 0 Å². The number of amides is 2. The van der Waals surface area contributed by atoms with Crippen LogP contribution in [0.4, 0.5) is 5.69 Å². The summed E-state index contributed by atoms with van der Waals surface area (Å²) in [6, 6.07) is 6.30. The molecule has 0 saturated carbocycles. The molecule has 2 atom stereocenters. The molecule has 1 aromatic carbocycles. The van der Waals surface area contributed by atoms with Crippen molar-refractivity contribution in [3.05, 3.63) is 29.3 Å². The van der Waals surface area contributed by atoms with Crippen LogP contribution in [0.3, 0.4) is 0 Å². The first-order valence-corrected chi connectivity index (χ1v) is 9.52. The van der Waals surface area contributed by atoms with Gasteiger partial charge in [0.2, 0.25) is 11.8 Å². The third-order valence-electron chi connectivity index (χ3n) is 5.68. The van der Waals surface area contributed by atoms with Crippen molar-refractivity contribution < 1.29 is 14.3 Å². The van der Waals surface area contributed by atoms with E-state index in [-0.39, 0.29) is 23.8 Å². The fraction of sp³-hybridized carbons (Fsp3) is 0.600. The molecule has 0 bridgehead atoms. The Morgan fingerprint density at radius 3 is 2.96 bits per heavy atom. The van der Waals surface area contributed by atoms with Gasteiger partial charge in [0.05, 0.1) is 12.0 Å². The second-order valence-electron chi connectivity index (χ2n) is 7.43. The Morgan fingerprint density at radius 1 is 1.24 bits per heavy atom. The van der Waals surface area contributed by atoms with E-state index >= 15 is 0 Å². The Morgan fingerprint density at radius 2 is 2.12 bits per heavy atom. The average molecular weight is 342 g/mol. The highest BCUT2D eigenvalue weighted by atomic mass is 16.5. The quantitative estimate of drug-likeness (QED) is 0.892. The van der Waals surface area contributed by atoms with Crippen molar-refractivity contribution in [2.75, 3.05) is 24.6 Å². The van der Waals surface area contributed by atoms with Gasteiger partial charge in [-0.1, -0.05) is 6.07 Å². The summed E-state index contributed by atoms with van der Waals surface area (Å²) in [6.45, 7) is 1.96. The van der Waals surface area contributed by atoms with Gasteiger partial charge in [0.25, 0.3) is 0 Å². The van der Waals surface area contributed by atoms with Gasteiger partial charge in [0, 0.05) is 31.8 Å². The number of aryl methyl sites for hydroxylation is 2. The third-order valence-corrected chi connectivity index (χ3v) is 5.68. The van der Waals surface area contributed by atoms with Gasteiger partial charge in [-0.2, -0.15) is 0 Å². The fourth-order valence-corrected chi connectivity index (χ4v) is 4.23. The molecule has 1 N–H and O–H groups in total. The van der Waals surface area contributed by atoms with Crippen LogP contribution in [0.15, 0.2) is 18.2 Å². The minimum atomic E-state index is -0.245. The van der Waals surface area contributed by atoms with E-state index in [9.17, 15) is 9.59 Å². The maximum absolute atomic E-state index is 12.4. The largest absolute Gasteiger partial charge is 0.378 e. The lowest BCUT2D eigenvalue weighted by molar-refractivity contribution is -0.126. The molecule has 5 nitrogen and oxygen atoms in total. The normalized spacial score (nSPS) is 25.4. The van der Waals surface area contributed by atoms with Crippen LogP contribution in [0.25, 0.3) is 0 Å². The molecule has 0 aromatic heterocycles. The summed E-state index contributed by atoms with van der Waals surface area (Å²) in [5, 5.41) is 2.99. The standard InChI is InChI=1S/C20H26N2O3/c23-19-12-16(20(24)21-9-8-18-5-2-10-25-18)13-22(19)17-7-6-14-3-1-4-15(14)11-17/h6-7,11,16,18H,1-5,8-10,12-13H2,(H,21,24)/t16-,18+/m1/s1. The highest BCUT2D eigenvalue weighted by molar-refractivity contribution is 6.00. The number of rotatable bonds is 5. The second kappa shape index (κ2) is 7.16. The Balaban J connectivity index is 1.32. The van der Waals surface area contributed by atoms with Crippen LogP contribution in [0.1, 0.15) is 43.2 Å². The van der Waals surface area contributed by atoms with Gasteiger partial charge in [0.15, 0.2) is 0 Å². The topological polar surface area (TPSA) is 58.6 Å². The third kappa shape index (κ3) is 3.56. The molecule has 5 heteroatoms. The molecule has 1 aliphatic carbocycles. The first kappa shape index (κ1) is 16.6. The molecule has 25 heavy (non-hydrogen) atoms. The fourth-order valence-electron chi connectivity index (χ4n) is 4.23. The van der Waals surface area contributed by atoms with E-state index in [4.69, 9.17) is 4.74 Å². The predicted molar refractivity (Wildman–Crippen MR) is 95.5 cm³/mol. The van der Waals surface area contributed by atoms with Gasteiger partial charge in [0.1, 0.15) is 0 Å². The Labute approximate surface area is 148 Å². The van der Waals surface area contributed by atoms with Crippen LogP contribution in [-0.2, 0) is 27.2 Å². The van der Waals surface area contributed by atoms with Crippen molar-refractivity contribution in [2.24, 2.45) is 5.92 Å². The number of ether oxygens (including phenoxy) is 1. The molecule has 1 aromatic rings. The first-order valence-electron chi connectivity index (χ1n) is 9.52. The number of anilines is 1. The molecule has 2 fully saturated rings. The van der Waals surface area contributed by atoms with Gasteiger partial charge >= 0.3 is 0 Å². The Kier molecular flexibility index (Phi) is 4.75. The van der Waals surface area contributed by atoms with Crippen LogP contribution in [0.2, 0.25) is 0 Å². The summed E-state index contributed by atoms with van der Waals surface area (Å²) < 4.78 is 5.58. The lowest BCUT2D eigenvalue weighted by Gasteiger charge is -2.18. The monoisotopic (exact) mass is 342 g/mol. The minimum Gasteiger partial charge on any atom is -0.378 e. The lowest BCUT2D eigenvalue weighted by atomic mass is 10.1. The molecule has 0 radical (unpaired) electrons. The predicted octanol–water partition coefficient (Wildman–Crippen LogP) is 2.21. The van der Waals surface area contributed by atoms with Crippen molar-refractivity contribution in [3.8, 4) is 0 Å². The van der Waals surface area contributed by atoms with Gasteiger partial charge in [-0.05, 0) is 61.8 Å². The zero-order valence-electron chi connectivity index (χ0n) is 14.6. The van der Waals surface area contributed by atoms with Gasteiger partial charge in [-0.15, -0.1) is 0 Å². The maximum Gasteiger partial charge on any atom is 0.227 e. The number of fused-ring (bicyclic) bond motifs is 1. The van der Waals surface area contributed by atoms with E-state index in [1.165, 1.54) is 17.5 Å². The smallest absolute Gasteiger partial charge is 0.227 e. The molecular formula is C20H26N2O3. The molecule has 4 rings (SSSR count). The molecular weight excluding hydrogens is 316 g/mol. The number of carbonyl (C=O) groups is 2. The molecule has 134 valence electrons. The summed E-state index contributed by atoms with van der Waals surface area (Å²) in [4.78, 5) is 26.6. The molecule has 0 unspecified atom stereocenters. The van der Waals surface area contributed by atoms with Crippen LogP contribution in [0.5, 0.6) is 0 Å². The molecule has 0 spiro atoms. The molecule has 2 saturated heterocycles. The van der Waals surface area contributed by atoms with Gasteiger partial charge in [-0.3, -0.25) is 9.59 Å². The second-order valence-corrected chi connectivity index (χ2v) is 7.43. The number of hydrogen-bond acceptors (Lipinski definition) is 3. The van der Waals surface area contributed by atoms with Crippen LogP contribution in [-0.4, -0.2) is 37.6 Å². The summed E-state index contributed by atoms with van der Waals surface area (Å²) in [6.07, 6.45) is 7.09. The summed E-state index contributed by atoms with van der Waals surface area (Å²) in [5.41, 5.74) is 3.70. The van der Waals surface area contributed by atoms with Crippen molar-refractivity contribution >= 4 is 17.5 Å². The van der Waals surface area contributed by atoms with E-state index < -0.39 is 0 Å². The summed E-state index contributed by atoms with van der Waals surface area (Å²) in [5.74, 6) is -0.197. The summed E-state index contributed by atoms with van der Waals surface area (Å²) >= 11 is 0. The van der Waals surface area contributed by atoms with E-state index in [0.717, 1.165) is 44.4 Å². The first-order chi connectivity index (χ1) is 12.2. The average Bonchev–Trinajstić information content (AvgIpc) is 3.34. The number of hydrogen-bond donors (Lipinski definition) is 1. The number of nitrogens with one attached hydrogen (secondary N) is 1. The van der Waals surface area contributed by atoms with E-state index in [1.807, 2.05) is 6.07 Å². The van der Waals surface area contributed by atoms with Crippen LogP contribution >= 0.6 is 0 Å². The maximum atomic E-state index is 12.4. The van der Waals surface area contributed by atoms with Crippen molar-refractivity contribution in [3.63, 3.8) is 0 Å². The highest BCUT2D eigenvalue weighted by Gasteiger charge is 2.35. The SMILES string of the molecule is O=C(NCC[C@@H]1CCCO1)[C@@H]1CC(=O)N(c2ccc3c(c2)CCC3)C1.